The smallest absolute Gasteiger partial charge is 0.243 e. The molecule has 0 bridgehead atoms. The number of carbonyl (C=O) groups is 1. The molecule has 8 heteroatoms. The van der Waals surface area contributed by atoms with Gasteiger partial charge in [0, 0.05) is 24.6 Å². The molecule has 30 heavy (non-hydrogen) atoms. The Kier molecular flexibility index (Phi) is 6.99. The second kappa shape index (κ2) is 9.49. The summed E-state index contributed by atoms with van der Waals surface area (Å²) in [5.41, 5.74) is 0.910. The zero-order valence-corrected chi connectivity index (χ0v) is 18.3. The van der Waals surface area contributed by atoms with Crippen LogP contribution in [0.25, 0.3) is 0 Å². The van der Waals surface area contributed by atoms with Gasteiger partial charge in [-0.15, -0.1) is 0 Å². The molecule has 1 aliphatic heterocycles. The average Bonchev–Trinajstić information content (AvgIpc) is 2.79. The highest BCUT2D eigenvalue weighted by atomic mass is 32.2. The molecule has 0 aromatic heterocycles. The number of para-hydroxylation sites is 1. The summed E-state index contributed by atoms with van der Waals surface area (Å²) in [6.07, 6.45) is 0.972. The van der Waals surface area contributed by atoms with Gasteiger partial charge in [0.05, 0.1) is 25.2 Å². The zero-order chi connectivity index (χ0) is 21.7. The first-order valence-electron chi connectivity index (χ1n) is 9.94. The lowest BCUT2D eigenvalue weighted by molar-refractivity contribution is -0.126. The molecule has 0 saturated carbocycles. The molecular formula is C22H28N2O5S. The van der Waals surface area contributed by atoms with Crippen molar-refractivity contribution in [1.29, 1.82) is 0 Å². The van der Waals surface area contributed by atoms with Crippen LogP contribution in [0, 0.1) is 5.92 Å². The van der Waals surface area contributed by atoms with E-state index in [0.29, 0.717) is 31.7 Å². The average molecular weight is 433 g/mol. The third-order valence-electron chi connectivity index (χ3n) is 5.49. The summed E-state index contributed by atoms with van der Waals surface area (Å²) < 4.78 is 37.6. The Morgan fingerprint density at radius 3 is 2.27 bits per heavy atom. The molecule has 1 aliphatic rings. The van der Waals surface area contributed by atoms with Crippen molar-refractivity contribution in [3.63, 3.8) is 0 Å². The summed E-state index contributed by atoms with van der Waals surface area (Å²) >= 11 is 0. The third-order valence-corrected chi connectivity index (χ3v) is 7.40. The van der Waals surface area contributed by atoms with Crippen LogP contribution in [0.5, 0.6) is 11.5 Å². The number of ether oxygens (including phenoxy) is 2. The van der Waals surface area contributed by atoms with Gasteiger partial charge < -0.3 is 14.8 Å². The second-order valence-corrected chi connectivity index (χ2v) is 9.26. The molecule has 1 heterocycles. The number of amides is 1. The fourth-order valence-corrected chi connectivity index (χ4v) is 5.16. The number of rotatable bonds is 7. The van der Waals surface area contributed by atoms with E-state index in [1.54, 1.807) is 31.4 Å². The van der Waals surface area contributed by atoms with Crippen LogP contribution in [0.15, 0.2) is 53.4 Å². The first-order chi connectivity index (χ1) is 14.4. The molecular weight excluding hydrogens is 404 g/mol. The predicted molar refractivity (Wildman–Crippen MR) is 114 cm³/mol. The topological polar surface area (TPSA) is 84.9 Å². The van der Waals surface area contributed by atoms with Gasteiger partial charge in [-0.3, -0.25) is 4.79 Å². The Balaban J connectivity index is 1.59. The van der Waals surface area contributed by atoms with Crippen LogP contribution in [0.2, 0.25) is 0 Å². The monoisotopic (exact) mass is 432 g/mol. The molecule has 7 nitrogen and oxygen atoms in total. The van der Waals surface area contributed by atoms with Crippen LogP contribution in [-0.2, 0) is 14.8 Å². The van der Waals surface area contributed by atoms with Gasteiger partial charge in [-0.25, -0.2) is 8.42 Å². The number of carbonyl (C=O) groups excluding carboxylic acids is 1. The maximum Gasteiger partial charge on any atom is 0.243 e. The Labute approximate surface area is 178 Å². The maximum absolute atomic E-state index is 12.9. The van der Waals surface area contributed by atoms with E-state index >= 15 is 0 Å². The van der Waals surface area contributed by atoms with Crippen molar-refractivity contribution in [1.82, 2.24) is 9.62 Å². The van der Waals surface area contributed by atoms with Crippen molar-refractivity contribution in [2.75, 3.05) is 27.3 Å². The highest BCUT2D eigenvalue weighted by molar-refractivity contribution is 7.89. The minimum atomic E-state index is -3.58. The molecule has 2 aromatic rings. The van der Waals surface area contributed by atoms with Gasteiger partial charge in [0.15, 0.2) is 0 Å². The molecule has 162 valence electrons. The van der Waals surface area contributed by atoms with Crippen LogP contribution in [0.3, 0.4) is 0 Å². The quantitative estimate of drug-likeness (QED) is 0.727. The molecule has 0 radical (unpaired) electrons. The minimum Gasteiger partial charge on any atom is -0.497 e. The van der Waals surface area contributed by atoms with Gasteiger partial charge >= 0.3 is 0 Å². The Morgan fingerprint density at radius 2 is 1.67 bits per heavy atom. The van der Waals surface area contributed by atoms with Crippen LogP contribution in [0.4, 0.5) is 0 Å². The number of nitrogens with one attached hydrogen (secondary N) is 1. The molecule has 1 fully saturated rings. The highest BCUT2D eigenvalue weighted by Gasteiger charge is 2.32. The lowest BCUT2D eigenvalue weighted by Gasteiger charge is -2.31. The fourth-order valence-electron chi connectivity index (χ4n) is 3.69. The molecule has 1 amide bonds. The standard InChI is InChI=1S/C22H28N2O5S/c1-16(20-6-4-5-7-21(20)29-3)23-22(25)17-12-14-24(15-13-17)30(26,27)19-10-8-18(28-2)9-11-19/h4-11,16-17H,12-15H2,1-3H3,(H,23,25). The summed E-state index contributed by atoms with van der Waals surface area (Å²) in [6.45, 7) is 2.55. The number of hydrogen-bond donors (Lipinski definition) is 1. The van der Waals surface area contributed by atoms with Crippen molar-refractivity contribution in [2.24, 2.45) is 5.92 Å². The van der Waals surface area contributed by atoms with Gasteiger partial charge in [-0.1, -0.05) is 18.2 Å². The minimum absolute atomic E-state index is 0.0603. The first-order valence-corrected chi connectivity index (χ1v) is 11.4. The molecule has 1 N–H and O–H groups in total. The number of hydrogen-bond acceptors (Lipinski definition) is 5. The van der Waals surface area contributed by atoms with Gasteiger partial charge in [0.2, 0.25) is 15.9 Å². The first kappa shape index (κ1) is 22.1. The summed E-state index contributed by atoms with van der Waals surface area (Å²) in [4.78, 5) is 13.0. The Bertz CT molecular complexity index is 967. The van der Waals surface area contributed by atoms with E-state index in [0.717, 1.165) is 11.3 Å². The van der Waals surface area contributed by atoms with Gasteiger partial charge in [-0.05, 0) is 50.1 Å². The molecule has 0 spiro atoms. The molecule has 1 unspecified atom stereocenters. The SMILES string of the molecule is COc1ccc(S(=O)(=O)N2CCC(C(=O)NC(C)c3ccccc3OC)CC2)cc1. The second-order valence-electron chi connectivity index (χ2n) is 7.33. The zero-order valence-electron chi connectivity index (χ0n) is 17.5. The van der Waals surface area contributed by atoms with Crippen LogP contribution < -0.4 is 14.8 Å². The summed E-state index contributed by atoms with van der Waals surface area (Å²) in [5, 5.41) is 3.04. The number of piperidine rings is 1. The fraction of sp³-hybridized carbons (Fsp3) is 0.409. The van der Waals surface area contributed by atoms with E-state index in [2.05, 4.69) is 5.32 Å². The largest absolute Gasteiger partial charge is 0.497 e. The lowest BCUT2D eigenvalue weighted by Crippen LogP contribution is -2.43. The molecule has 1 saturated heterocycles. The van der Waals surface area contributed by atoms with E-state index in [4.69, 9.17) is 9.47 Å². The Hall–Kier alpha value is -2.58. The van der Waals surface area contributed by atoms with Crippen LogP contribution in [0.1, 0.15) is 31.4 Å². The molecule has 1 atom stereocenters. The highest BCUT2D eigenvalue weighted by Crippen LogP contribution is 2.28. The van der Waals surface area contributed by atoms with Crippen LogP contribution in [-0.4, -0.2) is 45.9 Å². The third kappa shape index (κ3) is 4.76. The molecule has 3 rings (SSSR count). The Morgan fingerprint density at radius 1 is 1.03 bits per heavy atom. The number of sulfonamides is 1. The van der Waals surface area contributed by atoms with E-state index in [9.17, 15) is 13.2 Å². The number of methoxy groups -OCH3 is 2. The molecule has 2 aromatic carbocycles. The maximum atomic E-state index is 12.9. The van der Waals surface area contributed by atoms with E-state index in [-0.39, 0.29) is 22.8 Å². The normalized spacial score (nSPS) is 16.6. The molecule has 0 aliphatic carbocycles. The van der Waals surface area contributed by atoms with Crippen molar-refractivity contribution >= 4 is 15.9 Å². The van der Waals surface area contributed by atoms with E-state index in [1.807, 2.05) is 31.2 Å². The van der Waals surface area contributed by atoms with Crippen molar-refractivity contribution in [3.05, 3.63) is 54.1 Å². The summed E-state index contributed by atoms with van der Waals surface area (Å²) in [7, 11) is -0.442. The van der Waals surface area contributed by atoms with Crippen LogP contribution >= 0.6 is 0 Å². The number of nitrogens with zero attached hydrogens (tertiary/aromatic N) is 1. The van der Waals surface area contributed by atoms with E-state index < -0.39 is 10.0 Å². The van der Waals surface area contributed by atoms with Crippen molar-refractivity contribution < 1.29 is 22.7 Å². The van der Waals surface area contributed by atoms with Crippen molar-refractivity contribution in [3.8, 4) is 11.5 Å². The van der Waals surface area contributed by atoms with E-state index in [1.165, 1.54) is 11.4 Å². The number of benzene rings is 2. The van der Waals surface area contributed by atoms with Crippen molar-refractivity contribution in [2.45, 2.75) is 30.7 Å². The lowest BCUT2D eigenvalue weighted by atomic mass is 9.96. The van der Waals surface area contributed by atoms with Gasteiger partial charge in [0.1, 0.15) is 11.5 Å². The summed E-state index contributed by atoms with van der Waals surface area (Å²) in [6, 6.07) is 13.7. The van der Waals surface area contributed by atoms with Gasteiger partial charge in [0.25, 0.3) is 0 Å². The van der Waals surface area contributed by atoms with Gasteiger partial charge in [-0.2, -0.15) is 4.31 Å². The predicted octanol–water partition coefficient (Wildman–Crippen LogP) is 2.98. The summed E-state index contributed by atoms with van der Waals surface area (Å²) in [5.74, 6) is 1.05.